The number of amides is 2. The lowest BCUT2D eigenvalue weighted by molar-refractivity contribution is -0.133. The molecule has 0 spiro atoms. The number of phenolic OH excluding ortho intramolecular Hbond substituents is 1. The summed E-state index contributed by atoms with van der Waals surface area (Å²) in [6, 6.07) is 17.2. The van der Waals surface area contributed by atoms with Gasteiger partial charge in [-0.3, -0.25) is 15.5 Å². The highest BCUT2D eigenvalue weighted by Gasteiger charge is 2.29. The lowest BCUT2D eigenvalue weighted by Crippen LogP contribution is -2.32. The van der Waals surface area contributed by atoms with E-state index in [2.05, 4.69) is 10.6 Å². The minimum atomic E-state index is -1.60. The molecule has 36 heavy (non-hydrogen) atoms. The zero-order chi connectivity index (χ0) is 26.1. The van der Waals surface area contributed by atoms with Gasteiger partial charge in [0.05, 0.1) is 5.56 Å². The van der Waals surface area contributed by atoms with Crippen molar-refractivity contribution in [2.24, 2.45) is 0 Å². The third-order valence-corrected chi connectivity index (χ3v) is 5.09. The summed E-state index contributed by atoms with van der Waals surface area (Å²) in [5, 5.41) is 22.5. The van der Waals surface area contributed by atoms with Crippen LogP contribution in [0.25, 0.3) is 0 Å². The predicted molar refractivity (Wildman–Crippen MR) is 127 cm³/mol. The van der Waals surface area contributed by atoms with Crippen LogP contribution in [0.3, 0.4) is 0 Å². The van der Waals surface area contributed by atoms with Gasteiger partial charge in [0, 0.05) is 18.7 Å². The average molecular weight is 497 g/mol. The molecule has 0 aliphatic heterocycles. The number of hydrogen-bond acceptors (Lipinski definition) is 6. The van der Waals surface area contributed by atoms with Crippen molar-refractivity contribution in [1.29, 1.82) is 5.41 Å². The second-order valence-electron chi connectivity index (χ2n) is 7.61. The number of nitrogens with one attached hydrogen (secondary N) is 3. The molecule has 3 rings (SSSR count). The maximum absolute atomic E-state index is 14.3. The Hall–Kier alpha value is -4.31. The van der Waals surface area contributed by atoms with Crippen molar-refractivity contribution in [3.63, 3.8) is 0 Å². The van der Waals surface area contributed by atoms with Gasteiger partial charge >= 0.3 is 6.09 Å². The van der Waals surface area contributed by atoms with E-state index in [1.807, 2.05) is 30.3 Å². The summed E-state index contributed by atoms with van der Waals surface area (Å²) in [5.74, 6) is -4.04. The van der Waals surface area contributed by atoms with Gasteiger partial charge in [-0.05, 0) is 30.2 Å². The topological polar surface area (TPSA) is 121 Å². The van der Waals surface area contributed by atoms with E-state index in [-0.39, 0.29) is 25.6 Å². The molecule has 0 heterocycles. The predicted octanol–water partition coefficient (Wildman–Crippen LogP) is 4.32. The summed E-state index contributed by atoms with van der Waals surface area (Å²) in [7, 11) is 0. The van der Waals surface area contributed by atoms with Crippen LogP contribution < -0.4 is 10.6 Å². The van der Waals surface area contributed by atoms with Crippen molar-refractivity contribution in [3.8, 4) is 5.75 Å². The number of carbonyl (C=O) groups is 2. The molecule has 188 valence electrons. The SMILES string of the molecule is CCOC(C(=O)NCc1ccc(C(=N)NC(=O)OCc2ccccc2)cc1)c1c(F)ccc(O)c1F. The van der Waals surface area contributed by atoms with E-state index in [9.17, 15) is 23.5 Å². The molecular formula is C26H25F2N3O5. The maximum Gasteiger partial charge on any atom is 0.413 e. The molecule has 0 aliphatic carbocycles. The van der Waals surface area contributed by atoms with E-state index in [0.29, 0.717) is 11.1 Å². The second-order valence-corrected chi connectivity index (χ2v) is 7.61. The van der Waals surface area contributed by atoms with Gasteiger partial charge in [0.15, 0.2) is 17.7 Å². The Morgan fingerprint density at radius 2 is 1.69 bits per heavy atom. The number of hydrogen-bond donors (Lipinski definition) is 4. The molecule has 3 aromatic carbocycles. The summed E-state index contributed by atoms with van der Waals surface area (Å²) in [6.07, 6.45) is -2.37. The van der Waals surface area contributed by atoms with Crippen LogP contribution >= 0.6 is 0 Å². The number of carbonyl (C=O) groups excluding carboxylic acids is 2. The monoisotopic (exact) mass is 497 g/mol. The van der Waals surface area contributed by atoms with Crippen LogP contribution in [0.4, 0.5) is 13.6 Å². The first kappa shape index (κ1) is 26.3. The fraction of sp³-hybridized carbons (Fsp3) is 0.192. The normalized spacial score (nSPS) is 11.4. The lowest BCUT2D eigenvalue weighted by atomic mass is 10.1. The van der Waals surface area contributed by atoms with E-state index < -0.39 is 41.1 Å². The highest BCUT2D eigenvalue weighted by atomic mass is 19.1. The summed E-state index contributed by atoms with van der Waals surface area (Å²) >= 11 is 0. The van der Waals surface area contributed by atoms with Gasteiger partial charge in [0.1, 0.15) is 18.3 Å². The molecule has 4 N–H and O–H groups in total. The van der Waals surface area contributed by atoms with Crippen LogP contribution in [0, 0.1) is 17.0 Å². The standard InChI is InChI=1S/C26H25F2N3O5/c1-2-35-23(21-19(27)12-13-20(32)22(21)28)25(33)30-14-16-8-10-18(11-9-16)24(29)31-26(34)36-15-17-6-4-3-5-7-17/h3-13,23,32H,2,14-15H2,1H3,(H,30,33)(H2,29,31,34). The molecule has 1 unspecified atom stereocenters. The number of aromatic hydroxyl groups is 1. The van der Waals surface area contributed by atoms with Crippen molar-refractivity contribution in [3.05, 3.63) is 101 Å². The third kappa shape index (κ3) is 6.86. The van der Waals surface area contributed by atoms with Crippen LogP contribution in [0.5, 0.6) is 5.75 Å². The van der Waals surface area contributed by atoms with Gasteiger partial charge < -0.3 is 19.9 Å². The number of halogens is 2. The Labute approximate surface area is 206 Å². The van der Waals surface area contributed by atoms with Gasteiger partial charge in [0.2, 0.25) is 0 Å². The molecule has 0 bridgehead atoms. The Morgan fingerprint density at radius 3 is 2.36 bits per heavy atom. The minimum Gasteiger partial charge on any atom is -0.505 e. The summed E-state index contributed by atoms with van der Waals surface area (Å²) < 4.78 is 38.8. The molecule has 3 aromatic rings. The molecule has 0 saturated heterocycles. The maximum atomic E-state index is 14.3. The number of alkyl carbamates (subject to hydrolysis) is 1. The van der Waals surface area contributed by atoms with Gasteiger partial charge in [-0.1, -0.05) is 54.6 Å². The van der Waals surface area contributed by atoms with E-state index >= 15 is 0 Å². The van der Waals surface area contributed by atoms with E-state index in [4.69, 9.17) is 14.9 Å². The number of phenols is 1. The van der Waals surface area contributed by atoms with E-state index in [1.165, 1.54) is 0 Å². The quantitative estimate of drug-likeness (QED) is 0.259. The van der Waals surface area contributed by atoms with Gasteiger partial charge in [-0.15, -0.1) is 0 Å². The van der Waals surface area contributed by atoms with Crippen molar-refractivity contribution < 1.29 is 33.0 Å². The number of ether oxygens (including phenoxy) is 2. The first-order valence-electron chi connectivity index (χ1n) is 11.0. The van der Waals surface area contributed by atoms with Gasteiger partial charge in [-0.2, -0.15) is 0 Å². The molecule has 0 fully saturated rings. The summed E-state index contributed by atoms with van der Waals surface area (Å²) in [4.78, 5) is 24.6. The van der Waals surface area contributed by atoms with Crippen molar-refractivity contribution >= 4 is 17.8 Å². The molecule has 2 amide bonds. The Kier molecular flexibility index (Phi) is 9.07. The fourth-order valence-electron chi connectivity index (χ4n) is 3.26. The van der Waals surface area contributed by atoms with Gasteiger partial charge in [-0.25, -0.2) is 13.6 Å². The van der Waals surface area contributed by atoms with Crippen molar-refractivity contribution in [1.82, 2.24) is 10.6 Å². The molecule has 0 saturated carbocycles. The Morgan fingerprint density at radius 1 is 1.00 bits per heavy atom. The molecule has 0 aromatic heterocycles. The summed E-state index contributed by atoms with van der Waals surface area (Å²) in [6.45, 7) is 1.64. The van der Waals surface area contributed by atoms with Crippen LogP contribution in [-0.2, 0) is 27.4 Å². The fourth-order valence-corrected chi connectivity index (χ4v) is 3.26. The van der Waals surface area contributed by atoms with Crippen molar-refractivity contribution in [2.45, 2.75) is 26.2 Å². The first-order valence-corrected chi connectivity index (χ1v) is 11.0. The zero-order valence-electron chi connectivity index (χ0n) is 19.4. The van der Waals surface area contributed by atoms with Crippen LogP contribution in [-0.4, -0.2) is 29.5 Å². The third-order valence-electron chi connectivity index (χ3n) is 5.09. The number of benzene rings is 3. The lowest BCUT2D eigenvalue weighted by Gasteiger charge is -2.19. The average Bonchev–Trinajstić information content (AvgIpc) is 2.88. The highest BCUT2D eigenvalue weighted by molar-refractivity contribution is 6.04. The number of rotatable bonds is 9. The van der Waals surface area contributed by atoms with Crippen LogP contribution in [0.15, 0.2) is 66.7 Å². The highest BCUT2D eigenvalue weighted by Crippen LogP contribution is 2.29. The molecule has 0 aliphatic rings. The Balaban J connectivity index is 1.56. The molecule has 1 atom stereocenters. The van der Waals surface area contributed by atoms with Gasteiger partial charge in [0.25, 0.3) is 5.91 Å². The molecule has 10 heteroatoms. The smallest absolute Gasteiger partial charge is 0.413 e. The van der Waals surface area contributed by atoms with Crippen LogP contribution in [0.1, 0.15) is 35.3 Å². The summed E-state index contributed by atoms with van der Waals surface area (Å²) in [5.41, 5.74) is 1.16. The Bertz CT molecular complexity index is 1220. The first-order chi connectivity index (χ1) is 17.3. The minimum absolute atomic E-state index is 0.00418. The second kappa shape index (κ2) is 12.4. The van der Waals surface area contributed by atoms with Crippen molar-refractivity contribution in [2.75, 3.05) is 6.61 Å². The largest absolute Gasteiger partial charge is 0.505 e. The van der Waals surface area contributed by atoms with Crippen LogP contribution in [0.2, 0.25) is 0 Å². The van der Waals surface area contributed by atoms with E-state index in [1.54, 1.807) is 31.2 Å². The number of amidine groups is 1. The molecular weight excluding hydrogens is 472 g/mol. The van der Waals surface area contributed by atoms with E-state index in [0.717, 1.165) is 17.7 Å². The molecule has 8 nitrogen and oxygen atoms in total. The zero-order valence-corrected chi connectivity index (χ0v) is 19.4. The molecule has 0 radical (unpaired) electrons.